The second-order valence-electron chi connectivity index (χ2n) is 4.92. The van der Waals surface area contributed by atoms with Crippen LogP contribution in [0.25, 0.3) is 0 Å². The van der Waals surface area contributed by atoms with Crippen molar-refractivity contribution in [2.75, 3.05) is 5.32 Å². The van der Waals surface area contributed by atoms with Crippen molar-refractivity contribution in [3.63, 3.8) is 0 Å². The summed E-state index contributed by atoms with van der Waals surface area (Å²) >= 11 is 0. The Bertz CT molecular complexity index is 355. The summed E-state index contributed by atoms with van der Waals surface area (Å²) in [6.07, 6.45) is 0. The Morgan fingerprint density at radius 1 is 1.13 bits per heavy atom. The van der Waals surface area contributed by atoms with E-state index in [1.807, 2.05) is 26.0 Å². The Kier molecular flexibility index (Phi) is 3.12. The van der Waals surface area contributed by atoms with Crippen LogP contribution in [0, 0.1) is 18.8 Å². The molecule has 0 aliphatic heterocycles. The Morgan fingerprint density at radius 3 is 1.93 bits per heavy atom. The number of nitrogens with zero attached hydrogens (tertiary/aromatic N) is 1. The molecular formula is C12H18N2O. The standard InChI is InChI=1S/C12H18N2O/c1-8-6-10(13-12(3,4)5)7-9(2)11(8)14-15/h6-7,13H,1-5H3. The fourth-order valence-electron chi connectivity index (χ4n) is 1.61. The van der Waals surface area contributed by atoms with Crippen LogP contribution in [0.2, 0.25) is 0 Å². The van der Waals surface area contributed by atoms with Gasteiger partial charge in [0.15, 0.2) is 0 Å². The second kappa shape index (κ2) is 4.01. The van der Waals surface area contributed by atoms with E-state index in [-0.39, 0.29) is 5.54 Å². The molecule has 82 valence electrons. The molecule has 0 unspecified atom stereocenters. The smallest absolute Gasteiger partial charge is 0.113 e. The molecule has 0 saturated heterocycles. The molecule has 1 aromatic carbocycles. The molecule has 0 amide bonds. The maximum absolute atomic E-state index is 10.6. The van der Waals surface area contributed by atoms with E-state index in [2.05, 4.69) is 31.3 Å². The number of hydrogen-bond donors (Lipinski definition) is 1. The molecule has 0 saturated carbocycles. The fraction of sp³-hybridized carbons (Fsp3) is 0.500. The molecule has 1 N–H and O–H groups in total. The summed E-state index contributed by atoms with van der Waals surface area (Å²) in [5.41, 5.74) is 3.43. The summed E-state index contributed by atoms with van der Waals surface area (Å²) < 4.78 is 0. The van der Waals surface area contributed by atoms with Crippen LogP contribution in [0.1, 0.15) is 31.9 Å². The third kappa shape index (κ3) is 3.05. The van der Waals surface area contributed by atoms with Crippen molar-refractivity contribution in [3.05, 3.63) is 28.2 Å². The van der Waals surface area contributed by atoms with Gasteiger partial charge < -0.3 is 5.32 Å². The lowest BCUT2D eigenvalue weighted by Gasteiger charge is -2.23. The van der Waals surface area contributed by atoms with Crippen molar-refractivity contribution in [3.8, 4) is 0 Å². The quantitative estimate of drug-likeness (QED) is 0.745. The van der Waals surface area contributed by atoms with Crippen molar-refractivity contribution < 1.29 is 0 Å². The maximum atomic E-state index is 10.6. The number of hydrogen-bond acceptors (Lipinski definition) is 3. The first kappa shape index (κ1) is 11.7. The van der Waals surface area contributed by atoms with Crippen molar-refractivity contribution >= 4 is 11.4 Å². The summed E-state index contributed by atoms with van der Waals surface area (Å²) in [4.78, 5) is 10.6. The number of nitroso groups, excluding NO2 is 1. The Balaban J connectivity index is 3.09. The average molecular weight is 206 g/mol. The van der Waals surface area contributed by atoms with E-state index in [9.17, 15) is 4.91 Å². The van der Waals surface area contributed by atoms with Gasteiger partial charge in [0.25, 0.3) is 0 Å². The Morgan fingerprint density at radius 2 is 1.60 bits per heavy atom. The van der Waals surface area contributed by atoms with Crippen molar-refractivity contribution in [2.24, 2.45) is 5.18 Å². The van der Waals surface area contributed by atoms with Crippen LogP contribution in [0.3, 0.4) is 0 Å². The van der Waals surface area contributed by atoms with Crippen LogP contribution < -0.4 is 5.32 Å². The van der Waals surface area contributed by atoms with Gasteiger partial charge in [0, 0.05) is 11.2 Å². The molecule has 0 radical (unpaired) electrons. The highest BCUT2D eigenvalue weighted by atomic mass is 16.3. The second-order valence-corrected chi connectivity index (χ2v) is 4.92. The summed E-state index contributed by atoms with van der Waals surface area (Å²) in [6.45, 7) is 10.1. The van der Waals surface area contributed by atoms with Crippen molar-refractivity contribution in [1.29, 1.82) is 0 Å². The van der Waals surface area contributed by atoms with Gasteiger partial charge >= 0.3 is 0 Å². The normalized spacial score (nSPS) is 11.3. The van der Waals surface area contributed by atoms with Gasteiger partial charge in [0.1, 0.15) is 5.69 Å². The monoisotopic (exact) mass is 206 g/mol. The van der Waals surface area contributed by atoms with Crippen LogP contribution in [-0.4, -0.2) is 5.54 Å². The first-order chi connectivity index (χ1) is 6.83. The molecule has 0 aliphatic rings. The maximum Gasteiger partial charge on any atom is 0.113 e. The zero-order valence-electron chi connectivity index (χ0n) is 10.0. The summed E-state index contributed by atoms with van der Waals surface area (Å²) in [5, 5.41) is 6.40. The van der Waals surface area contributed by atoms with E-state index in [1.165, 1.54) is 0 Å². The topological polar surface area (TPSA) is 41.5 Å². The van der Waals surface area contributed by atoms with Crippen LogP contribution in [-0.2, 0) is 0 Å². The van der Waals surface area contributed by atoms with E-state index in [4.69, 9.17) is 0 Å². The van der Waals surface area contributed by atoms with Crippen LogP contribution in [0.5, 0.6) is 0 Å². The molecule has 3 heteroatoms. The zero-order valence-corrected chi connectivity index (χ0v) is 10.0. The number of nitrogens with one attached hydrogen (secondary N) is 1. The largest absolute Gasteiger partial charge is 0.380 e. The molecule has 0 spiro atoms. The molecule has 3 nitrogen and oxygen atoms in total. The first-order valence-electron chi connectivity index (χ1n) is 5.06. The molecular weight excluding hydrogens is 188 g/mol. The Labute approximate surface area is 90.9 Å². The number of rotatable bonds is 2. The lowest BCUT2D eigenvalue weighted by Crippen LogP contribution is -2.26. The van der Waals surface area contributed by atoms with Gasteiger partial charge in [0.2, 0.25) is 0 Å². The van der Waals surface area contributed by atoms with Gasteiger partial charge in [0.05, 0.1) is 0 Å². The fourth-order valence-corrected chi connectivity index (χ4v) is 1.61. The lowest BCUT2D eigenvalue weighted by atomic mass is 10.0. The van der Waals surface area contributed by atoms with E-state index in [0.717, 1.165) is 16.8 Å². The SMILES string of the molecule is Cc1cc(NC(C)(C)C)cc(C)c1N=O. The predicted octanol–water partition coefficient (Wildman–Crippen LogP) is 3.91. The molecule has 0 atom stereocenters. The predicted molar refractivity (Wildman–Crippen MR) is 64.7 cm³/mol. The van der Waals surface area contributed by atoms with Gasteiger partial charge in [-0.2, -0.15) is 0 Å². The van der Waals surface area contributed by atoms with Gasteiger partial charge in [-0.15, -0.1) is 4.91 Å². The Hall–Kier alpha value is -1.38. The number of anilines is 1. The minimum atomic E-state index is 0.0228. The molecule has 0 aliphatic carbocycles. The van der Waals surface area contributed by atoms with Gasteiger partial charge in [-0.3, -0.25) is 0 Å². The third-order valence-corrected chi connectivity index (χ3v) is 2.10. The van der Waals surface area contributed by atoms with Crippen molar-refractivity contribution in [2.45, 2.75) is 40.2 Å². The van der Waals surface area contributed by atoms with Crippen LogP contribution in [0.4, 0.5) is 11.4 Å². The lowest BCUT2D eigenvalue weighted by molar-refractivity contribution is 0.634. The minimum absolute atomic E-state index is 0.0228. The van der Waals surface area contributed by atoms with E-state index >= 15 is 0 Å². The molecule has 0 aromatic heterocycles. The number of aryl methyl sites for hydroxylation is 2. The highest BCUT2D eigenvalue weighted by Crippen LogP contribution is 2.28. The zero-order chi connectivity index (χ0) is 11.6. The summed E-state index contributed by atoms with van der Waals surface area (Å²) in [6, 6.07) is 3.91. The van der Waals surface area contributed by atoms with Gasteiger partial charge in [-0.25, -0.2) is 0 Å². The highest BCUT2D eigenvalue weighted by Gasteiger charge is 2.11. The van der Waals surface area contributed by atoms with Crippen LogP contribution in [0.15, 0.2) is 17.3 Å². The number of benzene rings is 1. The third-order valence-electron chi connectivity index (χ3n) is 2.10. The summed E-state index contributed by atoms with van der Waals surface area (Å²) in [5.74, 6) is 0. The van der Waals surface area contributed by atoms with Gasteiger partial charge in [-0.05, 0) is 63.1 Å². The van der Waals surface area contributed by atoms with E-state index in [1.54, 1.807) is 0 Å². The molecule has 0 fully saturated rings. The highest BCUT2D eigenvalue weighted by molar-refractivity contribution is 5.61. The molecule has 15 heavy (non-hydrogen) atoms. The molecule has 0 heterocycles. The van der Waals surface area contributed by atoms with E-state index < -0.39 is 0 Å². The molecule has 1 aromatic rings. The van der Waals surface area contributed by atoms with Crippen LogP contribution >= 0.6 is 0 Å². The molecule has 1 rings (SSSR count). The van der Waals surface area contributed by atoms with Gasteiger partial charge in [-0.1, -0.05) is 0 Å². The minimum Gasteiger partial charge on any atom is -0.380 e. The summed E-state index contributed by atoms with van der Waals surface area (Å²) in [7, 11) is 0. The first-order valence-corrected chi connectivity index (χ1v) is 5.06. The molecule has 0 bridgehead atoms. The average Bonchev–Trinajstić information content (AvgIpc) is 1.99. The van der Waals surface area contributed by atoms with Crippen molar-refractivity contribution in [1.82, 2.24) is 0 Å². The van der Waals surface area contributed by atoms with E-state index in [0.29, 0.717) is 5.69 Å².